The third-order valence-electron chi connectivity index (χ3n) is 6.41. The van der Waals surface area contributed by atoms with E-state index in [1.807, 2.05) is 0 Å². The first kappa shape index (κ1) is 19.8. The van der Waals surface area contributed by atoms with E-state index in [0.29, 0.717) is 3.42 Å². The van der Waals surface area contributed by atoms with Gasteiger partial charge in [0.05, 0.1) is 0 Å². The lowest BCUT2D eigenvalue weighted by Gasteiger charge is -2.51. The molecule has 0 heterocycles. The van der Waals surface area contributed by atoms with Crippen LogP contribution in [0.25, 0.3) is 0 Å². The Morgan fingerprint density at radius 1 is 0.909 bits per heavy atom. The van der Waals surface area contributed by atoms with E-state index < -0.39 is 0 Å². The third kappa shape index (κ3) is 4.76. The fourth-order valence-corrected chi connectivity index (χ4v) is 9.15. The van der Waals surface area contributed by atoms with Crippen molar-refractivity contribution in [1.29, 1.82) is 0 Å². The summed E-state index contributed by atoms with van der Waals surface area (Å²) in [5.74, 6) is 3.00. The van der Waals surface area contributed by atoms with Crippen molar-refractivity contribution in [3.8, 4) is 0 Å². The van der Waals surface area contributed by atoms with Crippen molar-refractivity contribution < 1.29 is 0 Å². The van der Waals surface area contributed by atoms with Crippen molar-refractivity contribution in [2.24, 2.45) is 17.8 Å². The van der Waals surface area contributed by atoms with Crippen LogP contribution in [0.2, 0.25) is 0 Å². The predicted octanol–water partition coefficient (Wildman–Crippen LogP) is 7.95. The normalized spacial score (nSPS) is 37.4. The van der Waals surface area contributed by atoms with E-state index >= 15 is 0 Å². The van der Waals surface area contributed by atoms with Gasteiger partial charge < -0.3 is 0 Å². The lowest BCUT2D eigenvalue weighted by atomic mass is 9.63. The second-order valence-corrected chi connectivity index (χ2v) is 11.3. The first-order chi connectivity index (χ1) is 10.6. The minimum atomic E-state index is 0.626. The average Bonchev–Trinajstić information content (AvgIpc) is 2.55. The Morgan fingerprint density at radius 2 is 1.64 bits per heavy atom. The smallest absolute Gasteiger partial charge is 0.0288 e. The van der Waals surface area contributed by atoms with Crippen molar-refractivity contribution in [3.63, 3.8) is 0 Å². The molecule has 2 aliphatic rings. The van der Waals surface area contributed by atoms with Gasteiger partial charge in [-0.2, -0.15) is 0 Å². The second kappa shape index (κ2) is 9.82. The Bertz CT molecular complexity index is 311. The minimum Gasteiger partial charge on any atom is -0.0820 e. The summed E-state index contributed by atoms with van der Waals surface area (Å²) in [6, 6.07) is 0. The Labute approximate surface area is 166 Å². The highest BCUT2D eigenvalue weighted by molar-refractivity contribution is 14.1. The van der Waals surface area contributed by atoms with Gasteiger partial charge in [0.2, 0.25) is 0 Å². The molecule has 0 nitrogen and oxygen atoms in total. The molecule has 130 valence electrons. The van der Waals surface area contributed by atoms with Gasteiger partial charge in [0.25, 0.3) is 0 Å². The second-order valence-electron chi connectivity index (χ2n) is 7.90. The van der Waals surface area contributed by atoms with Crippen LogP contribution in [0.4, 0.5) is 0 Å². The molecule has 0 aliphatic heterocycles. The van der Waals surface area contributed by atoms with Crippen LogP contribution in [0.1, 0.15) is 97.3 Å². The van der Waals surface area contributed by atoms with Crippen LogP contribution in [0.15, 0.2) is 0 Å². The molecule has 0 saturated heterocycles. The van der Waals surface area contributed by atoms with Gasteiger partial charge in [-0.1, -0.05) is 104 Å². The van der Waals surface area contributed by atoms with Crippen molar-refractivity contribution in [2.75, 3.05) is 0 Å². The van der Waals surface area contributed by atoms with Crippen LogP contribution >= 0.6 is 45.2 Å². The third-order valence-corrected chi connectivity index (χ3v) is 10.5. The number of unbranched alkanes of at least 4 members (excludes halogenated alkanes) is 2. The highest BCUT2D eigenvalue weighted by Crippen LogP contribution is 2.56. The summed E-state index contributed by atoms with van der Waals surface area (Å²) in [6.07, 6.45) is 19.2. The topological polar surface area (TPSA) is 0 Å². The summed E-state index contributed by atoms with van der Waals surface area (Å²) in [6.45, 7) is 4.74. The molecule has 0 aromatic heterocycles. The van der Waals surface area contributed by atoms with Gasteiger partial charge in [0.15, 0.2) is 0 Å². The molecule has 0 N–H and O–H groups in total. The van der Waals surface area contributed by atoms with Crippen LogP contribution in [0, 0.1) is 17.8 Å². The molecule has 2 aliphatic carbocycles. The summed E-state index contributed by atoms with van der Waals surface area (Å²) in [5.41, 5.74) is 0. The van der Waals surface area contributed by atoms with Gasteiger partial charge in [-0.05, 0) is 56.3 Å². The number of hydrogen-bond acceptors (Lipinski definition) is 0. The fourth-order valence-electron chi connectivity index (χ4n) is 5.10. The van der Waals surface area contributed by atoms with E-state index in [1.54, 1.807) is 0 Å². The summed E-state index contributed by atoms with van der Waals surface area (Å²) in [4.78, 5) is 0. The number of halogens is 2. The zero-order valence-electron chi connectivity index (χ0n) is 14.8. The van der Waals surface area contributed by atoms with Gasteiger partial charge in [-0.25, -0.2) is 0 Å². The van der Waals surface area contributed by atoms with Crippen molar-refractivity contribution in [2.45, 2.75) is 105 Å². The number of alkyl halides is 2. The maximum Gasteiger partial charge on any atom is 0.0288 e. The lowest BCUT2D eigenvalue weighted by Crippen LogP contribution is -2.50. The molecular weight excluding hydrogens is 494 g/mol. The first-order valence-electron chi connectivity index (χ1n) is 9.96. The summed E-state index contributed by atoms with van der Waals surface area (Å²) < 4.78 is 1.56. The standard InChI is InChI=1S/C20H36I2/c1-3-5-7-11-16-14-15-20(22,17-12-8-6-9-13-17)18(10-4-2)19(16)21/h16-19H,3-15H2,1-2H3. The molecule has 0 aromatic rings. The Balaban J connectivity index is 2.04. The molecule has 0 radical (unpaired) electrons. The molecule has 2 saturated carbocycles. The van der Waals surface area contributed by atoms with Crippen molar-refractivity contribution >= 4 is 45.2 Å². The van der Waals surface area contributed by atoms with E-state index in [2.05, 4.69) is 59.0 Å². The van der Waals surface area contributed by atoms with Gasteiger partial charge in [0.1, 0.15) is 0 Å². The van der Waals surface area contributed by atoms with Gasteiger partial charge in [0, 0.05) is 7.35 Å². The molecule has 0 amide bonds. The highest BCUT2D eigenvalue weighted by atomic mass is 127. The average molecular weight is 530 g/mol. The summed E-state index contributed by atoms with van der Waals surface area (Å²) in [7, 11) is 0. The summed E-state index contributed by atoms with van der Waals surface area (Å²) in [5, 5.41) is 0. The Kier molecular flexibility index (Phi) is 8.83. The fraction of sp³-hybridized carbons (Fsp3) is 1.00. The largest absolute Gasteiger partial charge is 0.0820 e. The Hall–Kier alpha value is 1.46. The quantitative estimate of drug-likeness (QED) is 0.178. The molecule has 22 heavy (non-hydrogen) atoms. The van der Waals surface area contributed by atoms with Crippen molar-refractivity contribution in [3.05, 3.63) is 0 Å². The Morgan fingerprint density at radius 3 is 2.27 bits per heavy atom. The van der Waals surface area contributed by atoms with E-state index in [1.165, 1.54) is 83.5 Å². The van der Waals surface area contributed by atoms with Crippen LogP contribution in [0.5, 0.6) is 0 Å². The molecular formula is C20H36I2. The van der Waals surface area contributed by atoms with E-state index in [4.69, 9.17) is 0 Å². The van der Waals surface area contributed by atoms with E-state index in [9.17, 15) is 0 Å². The van der Waals surface area contributed by atoms with Gasteiger partial charge in [-0.15, -0.1) is 0 Å². The molecule has 4 atom stereocenters. The molecule has 0 aromatic carbocycles. The van der Waals surface area contributed by atoms with Crippen LogP contribution in [-0.2, 0) is 0 Å². The lowest BCUT2D eigenvalue weighted by molar-refractivity contribution is 0.142. The molecule has 4 unspecified atom stereocenters. The maximum absolute atomic E-state index is 2.96. The molecule has 2 rings (SSSR count). The monoisotopic (exact) mass is 530 g/mol. The maximum atomic E-state index is 2.96. The molecule has 0 bridgehead atoms. The predicted molar refractivity (Wildman–Crippen MR) is 116 cm³/mol. The highest BCUT2D eigenvalue weighted by Gasteiger charge is 2.49. The zero-order valence-corrected chi connectivity index (χ0v) is 19.1. The van der Waals surface area contributed by atoms with Gasteiger partial charge >= 0.3 is 0 Å². The molecule has 2 heteroatoms. The zero-order chi connectivity index (χ0) is 16.0. The van der Waals surface area contributed by atoms with Crippen molar-refractivity contribution in [1.82, 2.24) is 0 Å². The SMILES string of the molecule is CCCCCC1CCC(I)(C2CCCCC2)C(CCC)C1I. The van der Waals surface area contributed by atoms with E-state index in [-0.39, 0.29) is 0 Å². The van der Waals surface area contributed by atoms with Crippen LogP contribution in [-0.4, -0.2) is 7.35 Å². The first-order valence-corrected chi connectivity index (χ1v) is 12.3. The molecule has 2 fully saturated rings. The minimum absolute atomic E-state index is 0.626. The van der Waals surface area contributed by atoms with Crippen LogP contribution < -0.4 is 0 Å². The summed E-state index contributed by atoms with van der Waals surface area (Å²) >= 11 is 5.83. The van der Waals surface area contributed by atoms with E-state index in [0.717, 1.165) is 21.7 Å². The molecule has 0 spiro atoms. The van der Waals surface area contributed by atoms with Gasteiger partial charge in [-0.3, -0.25) is 0 Å². The number of rotatable bonds is 7. The van der Waals surface area contributed by atoms with Crippen LogP contribution in [0.3, 0.4) is 0 Å². The number of hydrogen-bond donors (Lipinski definition) is 0.